The van der Waals surface area contributed by atoms with Crippen LogP contribution in [0.2, 0.25) is 0 Å². The zero-order chi connectivity index (χ0) is 13.7. The molecule has 0 aliphatic carbocycles. The van der Waals surface area contributed by atoms with E-state index in [0.717, 1.165) is 22.8 Å². The van der Waals surface area contributed by atoms with Crippen LogP contribution in [-0.4, -0.2) is 11.5 Å². The zero-order valence-electron chi connectivity index (χ0n) is 11.3. The van der Waals surface area contributed by atoms with Crippen molar-refractivity contribution in [3.8, 4) is 0 Å². The standard InChI is InChI=1S/C16H19NS2/c1-12-6-8-14(9-7-12)18-10-11-19-15-5-3-4-13(2)16(15)17/h3-9H,10-11,17H2,1-2H3. The number of aryl methyl sites for hydroxylation is 2. The largest absolute Gasteiger partial charge is 0.398 e. The molecule has 0 radical (unpaired) electrons. The van der Waals surface area contributed by atoms with Crippen molar-refractivity contribution in [3.63, 3.8) is 0 Å². The summed E-state index contributed by atoms with van der Waals surface area (Å²) >= 11 is 3.73. The molecule has 2 N–H and O–H groups in total. The Balaban J connectivity index is 1.81. The van der Waals surface area contributed by atoms with E-state index < -0.39 is 0 Å². The minimum Gasteiger partial charge on any atom is -0.398 e. The fourth-order valence-corrected chi connectivity index (χ4v) is 3.67. The third-order valence-electron chi connectivity index (χ3n) is 2.91. The van der Waals surface area contributed by atoms with Gasteiger partial charge in [-0.25, -0.2) is 0 Å². The molecule has 0 saturated carbocycles. The summed E-state index contributed by atoms with van der Waals surface area (Å²) in [4.78, 5) is 2.54. The summed E-state index contributed by atoms with van der Waals surface area (Å²) in [5.41, 5.74) is 9.46. The minimum atomic E-state index is 0.924. The van der Waals surface area contributed by atoms with Crippen molar-refractivity contribution in [1.29, 1.82) is 0 Å². The molecule has 0 saturated heterocycles. The Hall–Kier alpha value is -1.06. The molecule has 100 valence electrons. The molecular formula is C16H19NS2. The van der Waals surface area contributed by atoms with Gasteiger partial charge in [-0.3, -0.25) is 0 Å². The Kier molecular flexibility index (Phi) is 5.23. The lowest BCUT2D eigenvalue weighted by Gasteiger charge is -2.07. The van der Waals surface area contributed by atoms with Crippen LogP contribution in [0.25, 0.3) is 0 Å². The van der Waals surface area contributed by atoms with Gasteiger partial charge in [0.2, 0.25) is 0 Å². The summed E-state index contributed by atoms with van der Waals surface area (Å²) in [6.07, 6.45) is 0. The molecule has 0 heterocycles. The summed E-state index contributed by atoms with van der Waals surface area (Å²) in [5.74, 6) is 2.17. The number of hydrogen-bond donors (Lipinski definition) is 1. The van der Waals surface area contributed by atoms with Gasteiger partial charge < -0.3 is 5.73 Å². The molecule has 0 fully saturated rings. The van der Waals surface area contributed by atoms with E-state index in [2.05, 4.69) is 56.3 Å². The van der Waals surface area contributed by atoms with Gasteiger partial charge in [0.25, 0.3) is 0 Å². The second kappa shape index (κ2) is 6.92. The lowest BCUT2D eigenvalue weighted by molar-refractivity contribution is 1.35. The number of thioether (sulfide) groups is 2. The first-order valence-corrected chi connectivity index (χ1v) is 8.31. The third-order valence-corrected chi connectivity index (χ3v) is 5.26. The van der Waals surface area contributed by atoms with Gasteiger partial charge in [0.15, 0.2) is 0 Å². The molecule has 0 aromatic heterocycles. The van der Waals surface area contributed by atoms with Gasteiger partial charge in [-0.1, -0.05) is 29.8 Å². The van der Waals surface area contributed by atoms with Gasteiger partial charge >= 0.3 is 0 Å². The topological polar surface area (TPSA) is 26.0 Å². The van der Waals surface area contributed by atoms with Gasteiger partial charge in [0.05, 0.1) is 0 Å². The van der Waals surface area contributed by atoms with Crippen LogP contribution >= 0.6 is 23.5 Å². The molecule has 2 aromatic carbocycles. The van der Waals surface area contributed by atoms with E-state index in [1.807, 2.05) is 23.5 Å². The predicted molar refractivity (Wildman–Crippen MR) is 88.2 cm³/mol. The highest BCUT2D eigenvalue weighted by Crippen LogP contribution is 2.29. The summed E-state index contributed by atoms with van der Waals surface area (Å²) in [6, 6.07) is 14.9. The average Bonchev–Trinajstić information content (AvgIpc) is 2.41. The predicted octanol–water partition coefficient (Wildman–Crippen LogP) is 4.77. The van der Waals surface area contributed by atoms with Crippen molar-refractivity contribution in [1.82, 2.24) is 0 Å². The van der Waals surface area contributed by atoms with Crippen molar-refractivity contribution in [2.75, 3.05) is 17.2 Å². The maximum Gasteiger partial charge on any atom is 0.0481 e. The zero-order valence-corrected chi connectivity index (χ0v) is 13.0. The molecule has 0 bridgehead atoms. The fraction of sp³-hybridized carbons (Fsp3) is 0.250. The lowest BCUT2D eigenvalue weighted by Crippen LogP contribution is -1.93. The van der Waals surface area contributed by atoms with E-state index in [0.29, 0.717) is 0 Å². The monoisotopic (exact) mass is 289 g/mol. The quantitative estimate of drug-likeness (QED) is 0.488. The number of para-hydroxylation sites is 1. The maximum absolute atomic E-state index is 6.06. The second-order valence-corrected chi connectivity index (χ2v) is 6.80. The number of rotatable bonds is 5. The van der Waals surface area contributed by atoms with Crippen LogP contribution in [0, 0.1) is 13.8 Å². The number of anilines is 1. The Morgan fingerprint density at radius 1 is 0.895 bits per heavy atom. The molecule has 0 spiro atoms. The second-order valence-electron chi connectivity index (χ2n) is 4.50. The normalized spacial score (nSPS) is 10.6. The highest BCUT2D eigenvalue weighted by molar-refractivity contribution is 8.03. The number of nitrogens with two attached hydrogens (primary N) is 1. The highest BCUT2D eigenvalue weighted by Gasteiger charge is 2.02. The van der Waals surface area contributed by atoms with E-state index in [1.165, 1.54) is 15.4 Å². The first-order valence-electron chi connectivity index (χ1n) is 6.34. The number of benzene rings is 2. The summed E-state index contributed by atoms with van der Waals surface area (Å²) in [5, 5.41) is 0. The SMILES string of the molecule is Cc1ccc(SCCSc2cccc(C)c2N)cc1. The van der Waals surface area contributed by atoms with Crippen LogP contribution in [0.5, 0.6) is 0 Å². The molecule has 0 aliphatic rings. The molecule has 2 aromatic rings. The fourth-order valence-electron chi connectivity index (χ4n) is 1.73. The molecule has 0 atom stereocenters. The van der Waals surface area contributed by atoms with Gasteiger partial charge in [-0.15, -0.1) is 23.5 Å². The Bertz CT molecular complexity index is 535. The molecule has 0 amide bonds. The minimum absolute atomic E-state index is 0.924. The number of hydrogen-bond acceptors (Lipinski definition) is 3. The van der Waals surface area contributed by atoms with Crippen LogP contribution in [-0.2, 0) is 0 Å². The highest BCUT2D eigenvalue weighted by atomic mass is 32.2. The Morgan fingerprint density at radius 2 is 1.58 bits per heavy atom. The van der Waals surface area contributed by atoms with Crippen molar-refractivity contribution in [3.05, 3.63) is 53.6 Å². The molecule has 1 nitrogen and oxygen atoms in total. The van der Waals surface area contributed by atoms with E-state index in [1.54, 1.807) is 0 Å². The molecule has 2 rings (SSSR count). The summed E-state index contributed by atoms with van der Waals surface area (Å²) < 4.78 is 0. The number of nitrogen functional groups attached to an aromatic ring is 1. The van der Waals surface area contributed by atoms with Gasteiger partial charge in [-0.05, 0) is 37.6 Å². The smallest absolute Gasteiger partial charge is 0.0481 e. The maximum atomic E-state index is 6.06. The van der Waals surface area contributed by atoms with E-state index in [-0.39, 0.29) is 0 Å². The van der Waals surface area contributed by atoms with Crippen molar-refractivity contribution in [2.24, 2.45) is 0 Å². The van der Waals surface area contributed by atoms with Crippen molar-refractivity contribution >= 4 is 29.2 Å². The first kappa shape index (κ1) is 14.4. The van der Waals surface area contributed by atoms with Gasteiger partial charge in [-0.2, -0.15) is 0 Å². The first-order chi connectivity index (χ1) is 9.16. The van der Waals surface area contributed by atoms with Crippen LogP contribution < -0.4 is 5.73 Å². The summed E-state index contributed by atoms with van der Waals surface area (Å²) in [7, 11) is 0. The van der Waals surface area contributed by atoms with Crippen molar-refractivity contribution in [2.45, 2.75) is 23.6 Å². The van der Waals surface area contributed by atoms with Crippen LogP contribution in [0.1, 0.15) is 11.1 Å². The third kappa shape index (κ3) is 4.22. The molecule has 0 aliphatic heterocycles. The molecule has 3 heteroatoms. The van der Waals surface area contributed by atoms with Gasteiger partial charge in [0, 0.05) is 27.0 Å². The molecule has 0 unspecified atom stereocenters. The lowest BCUT2D eigenvalue weighted by atomic mass is 10.2. The van der Waals surface area contributed by atoms with E-state index in [4.69, 9.17) is 5.73 Å². The van der Waals surface area contributed by atoms with Crippen LogP contribution in [0.15, 0.2) is 52.3 Å². The van der Waals surface area contributed by atoms with Crippen LogP contribution in [0.3, 0.4) is 0 Å². The van der Waals surface area contributed by atoms with E-state index >= 15 is 0 Å². The Morgan fingerprint density at radius 3 is 2.32 bits per heavy atom. The molecule has 19 heavy (non-hydrogen) atoms. The average molecular weight is 289 g/mol. The van der Waals surface area contributed by atoms with Crippen molar-refractivity contribution < 1.29 is 0 Å². The van der Waals surface area contributed by atoms with E-state index in [9.17, 15) is 0 Å². The Labute approximate surface area is 124 Å². The summed E-state index contributed by atoms with van der Waals surface area (Å²) in [6.45, 7) is 4.17. The van der Waals surface area contributed by atoms with Gasteiger partial charge in [0.1, 0.15) is 0 Å². The van der Waals surface area contributed by atoms with Crippen LogP contribution in [0.4, 0.5) is 5.69 Å². The molecular weight excluding hydrogens is 270 g/mol.